The third kappa shape index (κ3) is 9.64. The number of hydrogen-bond acceptors (Lipinski definition) is 8. The number of aliphatic hydroxyl groups is 1. The summed E-state index contributed by atoms with van der Waals surface area (Å²) in [5.41, 5.74) is 4.80. The minimum atomic E-state index is -0.812. The molecule has 0 spiro atoms. The maximum absolute atomic E-state index is 13.1. The average Bonchev–Trinajstić information content (AvgIpc) is 3.16. The number of aromatic amines is 1. The Hall–Kier alpha value is -5.16. The Morgan fingerprint density at radius 2 is 1.74 bits per heavy atom. The fourth-order valence-corrected chi connectivity index (χ4v) is 7.19. The summed E-state index contributed by atoms with van der Waals surface area (Å²) in [5, 5.41) is 25.1. The standard InChI is InChI=1S/C42H44ClN3O7/c1-52-39-26-29(35(43)25-28(39)10-7-13-37(48)33-14-16-38(49)41-34(33)15-17-40(50)45-41)24-30(47)18-21-46-22-19-31(20-23-46)53-42(51)44-36-12-6-5-11-32(36)27-8-3-2-4-9-27/h2-6,8-9,11-12,14-17,25-26,31,37,48-49H,7,10,13,18-24H2,1H3,(H,44,51)(H,45,50)/t37-/m0/s1. The number of carbonyl (C=O) groups is 2. The zero-order chi connectivity index (χ0) is 37.3. The zero-order valence-corrected chi connectivity index (χ0v) is 30.4. The van der Waals surface area contributed by atoms with Crippen molar-refractivity contribution in [3.63, 3.8) is 0 Å². The number of aromatic hydroxyl groups is 1. The van der Waals surface area contributed by atoms with Gasteiger partial charge < -0.3 is 29.6 Å². The van der Waals surface area contributed by atoms with E-state index in [-0.39, 0.29) is 29.6 Å². The van der Waals surface area contributed by atoms with Gasteiger partial charge in [-0.15, -0.1) is 0 Å². The number of hydrogen-bond donors (Lipinski definition) is 4. The number of aryl methyl sites for hydroxylation is 1. The summed E-state index contributed by atoms with van der Waals surface area (Å²) in [7, 11) is 1.58. The van der Waals surface area contributed by atoms with Crippen LogP contribution < -0.4 is 15.6 Å². The van der Waals surface area contributed by atoms with E-state index in [4.69, 9.17) is 21.1 Å². The lowest BCUT2D eigenvalue weighted by molar-refractivity contribution is -0.118. The van der Waals surface area contributed by atoms with Crippen molar-refractivity contribution in [3.8, 4) is 22.6 Å². The third-order valence-corrected chi connectivity index (χ3v) is 10.1. The highest BCUT2D eigenvalue weighted by Gasteiger charge is 2.24. The van der Waals surface area contributed by atoms with E-state index in [1.54, 1.807) is 19.2 Å². The van der Waals surface area contributed by atoms with Crippen molar-refractivity contribution in [2.24, 2.45) is 0 Å². The number of nitrogens with one attached hydrogen (secondary N) is 2. The number of H-pyrrole nitrogens is 1. The maximum Gasteiger partial charge on any atom is 0.411 e. The minimum absolute atomic E-state index is 0.0537. The van der Waals surface area contributed by atoms with Crippen molar-refractivity contribution in [2.45, 2.75) is 57.2 Å². The molecule has 4 N–H and O–H groups in total. The van der Waals surface area contributed by atoms with E-state index in [0.717, 1.165) is 29.8 Å². The second-order valence-corrected chi connectivity index (χ2v) is 13.8. The highest BCUT2D eigenvalue weighted by atomic mass is 35.5. The first-order valence-corrected chi connectivity index (χ1v) is 18.3. The minimum Gasteiger partial charge on any atom is -0.506 e. The third-order valence-electron chi connectivity index (χ3n) is 9.79. The molecule has 5 aromatic rings. The Kier molecular flexibility index (Phi) is 12.5. The molecule has 0 aliphatic carbocycles. The normalized spacial score (nSPS) is 14.2. The number of rotatable bonds is 14. The number of piperidine rings is 1. The molecule has 2 heterocycles. The molecule has 0 radical (unpaired) electrons. The van der Waals surface area contributed by atoms with Crippen molar-refractivity contribution in [1.82, 2.24) is 9.88 Å². The molecule has 11 heteroatoms. The number of Topliss-reactive ketones (excluding diaryl/α,β-unsaturated/α-hetero) is 1. The van der Waals surface area contributed by atoms with Gasteiger partial charge in [-0.3, -0.25) is 14.9 Å². The molecule has 1 aliphatic heterocycles. The van der Waals surface area contributed by atoms with Gasteiger partial charge in [-0.05, 0) is 84.7 Å². The second-order valence-electron chi connectivity index (χ2n) is 13.4. The van der Waals surface area contributed by atoms with Gasteiger partial charge in [0.15, 0.2) is 0 Å². The number of phenolic OH excluding ortho intramolecular Hbond substituents is 1. The molecule has 0 unspecified atom stereocenters. The highest BCUT2D eigenvalue weighted by molar-refractivity contribution is 6.31. The van der Waals surface area contributed by atoms with Gasteiger partial charge >= 0.3 is 6.09 Å². The fourth-order valence-electron chi connectivity index (χ4n) is 6.94. The first-order valence-electron chi connectivity index (χ1n) is 17.9. The predicted molar refractivity (Wildman–Crippen MR) is 207 cm³/mol. The van der Waals surface area contributed by atoms with Crippen LogP contribution in [0.4, 0.5) is 10.5 Å². The van der Waals surface area contributed by atoms with Gasteiger partial charge in [-0.2, -0.15) is 0 Å². The van der Waals surface area contributed by atoms with Gasteiger partial charge in [0, 0.05) is 54.5 Å². The molecule has 6 rings (SSSR count). The molecule has 1 aliphatic rings. The second kappa shape index (κ2) is 17.6. The molecule has 1 saturated heterocycles. The van der Waals surface area contributed by atoms with E-state index in [1.165, 1.54) is 12.1 Å². The lowest BCUT2D eigenvalue weighted by Crippen LogP contribution is -2.39. The van der Waals surface area contributed by atoms with Crippen LogP contribution in [0.3, 0.4) is 0 Å². The quantitative estimate of drug-likeness (QED) is 0.0904. The van der Waals surface area contributed by atoms with Crippen molar-refractivity contribution in [2.75, 3.05) is 32.1 Å². The molecular weight excluding hydrogens is 694 g/mol. The number of phenols is 1. The summed E-state index contributed by atoms with van der Waals surface area (Å²) in [4.78, 5) is 42.4. The molecule has 1 fully saturated rings. The number of aromatic nitrogens is 1. The van der Waals surface area contributed by atoms with Gasteiger partial charge in [-0.1, -0.05) is 66.2 Å². The van der Waals surface area contributed by atoms with Crippen LogP contribution in [-0.4, -0.2) is 64.8 Å². The maximum atomic E-state index is 13.1. The van der Waals surface area contributed by atoms with Crippen LogP contribution in [-0.2, 0) is 22.4 Å². The molecule has 53 heavy (non-hydrogen) atoms. The number of halogens is 1. The largest absolute Gasteiger partial charge is 0.506 e. The monoisotopic (exact) mass is 737 g/mol. The summed E-state index contributed by atoms with van der Waals surface area (Å²) in [6, 6.07) is 27.3. The molecule has 0 bridgehead atoms. The number of nitrogens with zero attached hydrogens (tertiary/aromatic N) is 1. The Labute approximate surface area is 313 Å². The summed E-state index contributed by atoms with van der Waals surface area (Å²) >= 11 is 6.66. The number of anilines is 1. The zero-order valence-electron chi connectivity index (χ0n) is 29.6. The number of ketones is 1. The van der Waals surface area contributed by atoms with E-state index >= 15 is 0 Å². The predicted octanol–water partition coefficient (Wildman–Crippen LogP) is 7.83. The van der Waals surface area contributed by atoms with Crippen molar-refractivity contribution in [3.05, 3.63) is 123 Å². The summed E-state index contributed by atoms with van der Waals surface area (Å²) in [6.07, 6.45) is 2.10. The number of ether oxygens (including phenoxy) is 2. The molecule has 1 atom stereocenters. The SMILES string of the molecule is COc1cc(CC(=O)CCN2CCC(OC(=O)Nc3ccccc3-c3ccccc3)CC2)c(Cl)cc1CCC[C@H](O)c1ccc(O)c2[nH]c(=O)ccc12. The van der Waals surface area contributed by atoms with E-state index in [2.05, 4.69) is 15.2 Å². The molecule has 276 valence electrons. The van der Waals surface area contributed by atoms with Gasteiger partial charge in [0.1, 0.15) is 23.4 Å². The number of fused-ring (bicyclic) bond motifs is 1. The molecule has 1 amide bonds. The topological polar surface area (TPSA) is 141 Å². The summed E-state index contributed by atoms with van der Waals surface area (Å²) in [6.45, 7) is 2.07. The van der Waals surface area contributed by atoms with E-state index in [1.807, 2.05) is 66.7 Å². The number of methoxy groups -OCH3 is 1. The van der Waals surface area contributed by atoms with Crippen molar-refractivity contribution >= 4 is 40.1 Å². The molecule has 4 aromatic carbocycles. The Morgan fingerprint density at radius 1 is 0.981 bits per heavy atom. The fraction of sp³-hybridized carbons (Fsp3) is 0.310. The number of benzene rings is 4. The summed E-state index contributed by atoms with van der Waals surface area (Å²) < 4.78 is 11.4. The molecule has 10 nitrogen and oxygen atoms in total. The van der Waals surface area contributed by atoms with Crippen LogP contribution in [0.1, 0.15) is 54.9 Å². The van der Waals surface area contributed by atoms with Crippen LogP contribution in [0.15, 0.2) is 95.8 Å². The van der Waals surface area contributed by atoms with Crippen molar-refractivity contribution < 1.29 is 29.3 Å². The van der Waals surface area contributed by atoms with Crippen LogP contribution >= 0.6 is 11.6 Å². The van der Waals surface area contributed by atoms with Crippen LogP contribution in [0.5, 0.6) is 11.5 Å². The van der Waals surface area contributed by atoms with Gasteiger partial charge in [0.2, 0.25) is 5.56 Å². The molecular formula is C42H44ClN3O7. The Bertz CT molecular complexity index is 2110. The number of amides is 1. The first kappa shape index (κ1) is 37.6. The van der Waals surface area contributed by atoms with Gasteiger partial charge in [0.25, 0.3) is 0 Å². The van der Waals surface area contributed by atoms with Gasteiger partial charge in [0.05, 0.1) is 24.4 Å². The Morgan fingerprint density at radius 3 is 2.51 bits per heavy atom. The highest BCUT2D eigenvalue weighted by Crippen LogP contribution is 2.33. The average molecular weight is 738 g/mol. The van der Waals surface area contributed by atoms with E-state index in [9.17, 15) is 24.6 Å². The number of carbonyl (C=O) groups excluding carboxylic acids is 2. The van der Waals surface area contributed by atoms with Gasteiger partial charge in [-0.25, -0.2) is 4.79 Å². The van der Waals surface area contributed by atoms with Crippen LogP contribution in [0.2, 0.25) is 5.02 Å². The number of likely N-dealkylation sites (tertiary alicyclic amines) is 1. The van der Waals surface area contributed by atoms with E-state index < -0.39 is 12.2 Å². The van der Waals surface area contributed by atoms with Crippen molar-refractivity contribution in [1.29, 1.82) is 0 Å². The number of para-hydroxylation sites is 1. The lowest BCUT2D eigenvalue weighted by atomic mass is 9.96. The molecule has 1 aromatic heterocycles. The van der Waals surface area contributed by atoms with Crippen LogP contribution in [0.25, 0.3) is 22.0 Å². The van der Waals surface area contributed by atoms with Crippen LogP contribution in [0, 0.1) is 0 Å². The Balaban J connectivity index is 0.944. The molecule has 0 saturated carbocycles. The smallest absolute Gasteiger partial charge is 0.411 e. The van der Waals surface area contributed by atoms with E-state index in [0.29, 0.717) is 83.6 Å². The first-order chi connectivity index (χ1) is 25.7. The summed E-state index contributed by atoms with van der Waals surface area (Å²) in [5.74, 6) is 0.651. The number of pyridine rings is 1. The lowest BCUT2D eigenvalue weighted by Gasteiger charge is -2.31. The number of aliphatic hydroxyl groups excluding tert-OH is 1.